The SMILES string of the molecule is CCc1ccc(NC(=O)COC(=O)[C@H]2CC(=O)N(c3cc(Cl)ccc3OC)C2)cc1. The number of methoxy groups -OCH3 is 1. The minimum atomic E-state index is -0.669. The first kappa shape index (κ1) is 21.6. The van der Waals surface area contributed by atoms with Gasteiger partial charge in [0.1, 0.15) is 5.75 Å². The molecule has 1 aliphatic heterocycles. The van der Waals surface area contributed by atoms with E-state index in [4.69, 9.17) is 21.1 Å². The molecule has 8 heteroatoms. The van der Waals surface area contributed by atoms with Crippen LogP contribution >= 0.6 is 11.6 Å². The Balaban J connectivity index is 1.55. The summed E-state index contributed by atoms with van der Waals surface area (Å²) < 4.78 is 10.4. The van der Waals surface area contributed by atoms with Gasteiger partial charge >= 0.3 is 5.97 Å². The van der Waals surface area contributed by atoms with E-state index in [2.05, 4.69) is 5.32 Å². The second-order valence-corrected chi connectivity index (χ2v) is 7.36. The molecular formula is C22H23ClN2O5. The fourth-order valence-corrected chi connectivity index (χ4v) is 3.41. The number of rotatable bonds is 7. The molecule has 0 radical (unpaired) electrons. The van der Waals surface area contributed by atoms with Crippen molar-refractivity contribution in [2.75, 3.05) is 30.5 Å². The number of nitrogens with zero attached hydrogens (tertiary/aromatic N) is 1. The van der Waals surface area contributed by atoms with E-state index in [9.17, 15) is 14.4 Å². The summed E-state index contributed by atoms with van der Waals surface area (Å²) in [5.74, 6) is -1.46. The summed E-state index contributed by atoms with van der Waals surface area (Å²) >= 11 is 6.04. The predicted octanol–water partition coefficient (Wildman–Crippen LogP) is 3.45. The van der Waals surface area contributed by atoms with Crippen molar-refractivity contribution in [2.45, 2.75) is 19.8 Å². The highest BCUT2D eigenvalue weighted by Gasteiger charge is 2.37. The van der Waals surface area contributed by atoms with E-state index in [0.717, 1.165) is 12.0 Å². The van der Waals surface area contributed by atoms with Gasteiger partial charge in [-0.05, 0) is 42.3 Å². The molecule has 2 amide bonds. The second kappa shape index (κ2) is 9.63. The summed E-state index contributed by atoms with van der Waals surface area (Å²) in [6.45, 7) is 1.76. The predicted molar refractivity (Wildman–Crippen MR) is 114 cm³/mol. The zero-order valence-corrected chi connectivity index (χ0v) is 17.6. The number of ether oxygens (including phenoxy) is 2. The zero-order valence-electron chi connectivity index (χ0n) is 16.8. The monoisotopic (exact) mass is 430 g/mol. The van der Waals surface area contributed by atoms with Crippen molar-refractivity contribution in [2.24, 2.45) is 5.92 Å². The van der Waals surface area contributed by atoms with Gasteiger partial charge in [0.05, 0.1) is 18.7 Å². The largest absolute Gasteiger partial charge is 0.495 e. The van der Waals surface area contributed by atoms with E-state index in [-0.39, 0.29) is 18.9 Å². The maximum atomic E-state index is 12.4. The van der Waals surface area contributed by atoms with Crippen molar-refractivity contribution in [3.05, 3.63) is 53.1 Å². The molecule has 1 heterocycles. The van der Waals surface area contributed by atoms with Gasteiger partial charge in [0.15, 0.2) is 6.61 Å². The molecular weight excluding hydrogens is 408 g/mol. The molecule has 1 aliphatic rings. The molecule has 0 saturated carbocycles. The fourth-order valence-electron chi connectivity index (χ4n) is 3.25. The van der Waals surface area contributed by atoms with Crippen molar-refractivity contribution in [3.63, 3.8) is 0 Å². The first-order valence-electron chi connectivity index (χ1n) is 9.60. The molecule has 7 nitrogen and oxygen atoms in total. The molecule has 2 aromatic carbocycles. The zero-order chi connectivity index (χ0) is 21.7. The van der Waals surface area contributed by atoms with Crippen LogP contribution in [-0.2, 0) is 25.5 Å². The van der Waals surface area contributed by atoms with Crippen LogP contribution in [0.25, 0.3) is 0 Å². The van der Waals surface area contributed by atoms with Crippen molar-refractivity contribution >= 4 is 40.8 Å². The Morgan fingerprint density at radius 2 is 1.93 bits per heavy atom. The molecule has 30 heavy (non-hydrogen) atoms. The number of anilines is 2. The molecule has 0 aliphatic carbocycles. The fraction of sp³-hybridized carbons (Fsp3) is 0.318. The lowest BCUT2D eigenvalue weighted by Crippen LogP contribution is -2.28. The van der Waals surface area contributed by atoms with Gasteiger partial charge < -0.3 is 19.7 Å². The summed E-state index contributed by atoms with van der Waals surface area (Å²) in [6, 6.07) is 12.4. The Bertz CT molecular complexity index is 945. The minimum Gasteiger partial charge on any atom is -0.495 e. The number of carbonyl (C=O) groups is 3. The maximum Gasteiger partial charge on any atom is 0.311 e. The van der Waals surface area contributed by atoms with Gasteiger partial charge in [0.25, 0.3) is 5.91 Å². The molecule has 0 unspecified atom stereocenters. The Labute approximate surface area is 179 Å². The quantitative estimate of drug-likeness (QED) is 0.680. The number of esters is 1. The molecule has 158 valence electrons. The summed E-state index contributed by atoms with van der Waals surface area (Å²) in [5.41, 5.74) is 2.29. The van der Waals surface area contributed by atoms with E-state index in [1.54, 1.807) is 30.3 Å². The number of nitrogens with one attached hydrogen (secondary N) is 1. The van der Waals surface area contributed by atoms with Crippen LogP contribution in [0.2, 0.25) is 5.02 Å². The Morgan fingerprint density at radius 3 is 2.60 bits per heavy atom. The van der Waals surface area contributed by atoms with Crippen LogP contribution in [0.15, 0.2) is 42.5 Å². The Morgan fingerprint density at radius 1 is 1.20 bits per heavy atom. The number of carbonyl (C=O) groups excluding carboxylic acids is 3. The molecule has 1 N–H and O–H groups in total. The van der Waals surface area contributed by atoms with Crippen LogP contribution in [0.4, 0.5) is 11.4 Å². The highest BCUT2D eigenvalue weighted by atomic mass is 35.5. The van der Waals surface area contributed by atoms with E-state index in [0.29, 0.717) is 22.1 Å². The topological polar surface area (TPSA) is 84.9 Å². The lowest BCUT2D eigenvalue weighted by Gasteiger charge is -2.19. The summed E-state index contributed by atoms with van der Waals surface area (Å²) in [4.78, 5) is 38.3. The van der Waals surface area contributed by atoms with Crippen LogP contribution in [0.1, 0.15) is 18.9 Å². The van der Waals surface area contributed by atoms with Crippen molar-refractivity contribution < 1.29 is 23.9 Å². The first-order valence-corrected chi connectivity index (χ1v) is 9.98. The highest BCUT2D eigenvalue weighted by Crippen LogP contribution is 2.35. The normalized spacial score (nSPS) is 15.8. The summed E-state index contributed by atoms with van der Waals surface area (Å²) in [5, 5.41) is 3.13. The van der Waals surface area contributed by atoms with Crippen molar-refractivity contribution in [1.82, 2.24) is 0 Å². The van der Waals surface area contributed by atoms with E-state index in [1.165, 1.54) is 12.0 Å². The van der Waals surface area contributed by atoms with Gasteiger partial charge in [-0.3, -0.25) is 14.4 Å². The minimum absolute atomic E-state index is 0.00536. The second-order valence-electron chi connectivity index (χ2n) is 6.93. The number of benzene rings is 2. The molecule has 0 spiro atoms. The molecule has 3 rings (SSSR count). The first-order chi connectivity index (χ1) is 14.4. The standard InChI is InChI=1S/C22H23ClN2O5/c1-3-14-4-7-17(8-5-14)24-20(26)13-30-22(28)15-10-21(27)25(12-15)18-11-16(23)6-9-19(18)29-2/h4-9,11,15H,3,10,12-13H2,1-2H3,(H,24,26)/t15-/m0/s1. The third kappa shape index (κ3) is 5.10. The van der Waals surface area contributed by atoms with Crippen molar-refractivity contribution in [3.8, 4) is 5.75 Å². The average molecular weight is 431 g/mol. The van der Waals surface area contributed by atoms with Gasteiger partial charge in [-0.25, -0.2) is 0 Å². The average Bonchev–Trinajstić information content (AvgIpc) is 3.14. The molecule has 0 bridgehead atoms. The van der Waals surface area contributed by atoms with Crippen LogP contribution < -0.4 is 15.0 Å². The molecule has 2 aromatic rings. The van der Waals surface area contributed by atoms with Gasteiger partial charge in [-0.1, -0.05) is 30.7 Å². The number of hydrogen-bond donors (Lipinski definition) is 1. The highest BCUT2D eigenvalue weighted by molar-refractivity contribution is 6.31. The lowest BCUT2D eigenvalue weighted by atomic mass is 10.1. The smallest absolute Gasteiger partial charge is 0.311 e. The number of aryl methyl sites for hydroxylation is 1. The van der Waals surface area contributed by atoms with Crippen LogP contribution in [0.3, 0.4) is 0 Å². The number of amides is 2. The Kier molecular flexibility index (Phi) is 6.95. The van der Waals surface area contributed by atoms with E-state index >= 15 is 0 Å². The maximum absolute atomic E-state index is 12.4. The van der Waals surface area contributed by atoms with E-state index < -0.39 is 24.4 Å². The number of halogens is 1. The van der Waals surface area contributed by atoms with Gasteiger partial charge in [0, 0.05) is 23.7 Å². The Hall–Kier alpha value is -3.06. The molecule has 1 saturated heterocycles. The van der Waals surface area contributed by atoms with Crippen molar-refractivity contribution in [1.29, 1.82) is 0 Å². The van der Waals surface area contributed by atoms with Crippen LogP contribution in [0, 0.1) is 5.92 Å². The molecule has 0 aromatic heterocycles. The van der Waals surface area contributed by atoms with Crippen LogP contribution in [-0.4, -0.2) is 38.0 Å². The van der Waals surface area contributed by atoms with Gasteiger partial charge in [0.2, 0.25) is 5.91 Å². The van der Waals surface area contributed by atoms with E-state index in [1.807, 2.05) is 19.1 Å². The van der Waals surface area contributed by atoms with Gasteiger partial charge in [-0.15, -0.1) is 0 Å². The molecule has 1 fully saturated rings. The van der Waals surface area contributed by atoms with Crippen LogP contribution in [0.5, 0.6) is 5.75 Å². The molecule has 1 atom stereocenters. The summed E-state index contributed by atoms with van der Waals surface area (Å²) in [6.07, 6.45) is 0.901. The lowest BCUT2D eigenvalue weighted by molar-refractivity contribution is -0.151. The third-order valence-electron chi connectivity index (χ3n) is 4.88. The van der Waals surface area contributed by atoms with Gasteiger partial charge in [-0.2, -0.15) is 0 Å². The third-order valence-corrected chi connectivity index (χ3v) is 5.12. The summed E-state index contributed by atoms with van der Waals surface area (Å²) in [7, 11) is 1.49. The number of hydrogen-bond acceptors (Lipinski definition) is 5.